The van der Waals surface area contributed by atoms with E-state index in [2.05, 4.69) is 41.5 Å². The van der Waals surface area contributed by atoms with E-state index in [-0.39, 0.29) is 0 Å². The second-order valence-corrected chi connectivity index (χ2v) is 10.2. The molecule has 0 aromatic carbocycles. The Morgan fingerprint density at radius 2 is 1.59 bits per heavy atom. The van der Waals surface area contributed by atoms with E-state index >= 15 is 0 Å². The summed E-state index contributed by atoms with van der Waals surface area (Å²) >= 11 is 0. The third-order valence-corrected chi connectivity index (χ3v) is 9.53. The van der Waals surface area contributed by atoms with Gasteiger partial charge in [0.25, 0.3) is 0 Å². The van der Waals surface area contributed by atoms with E-state index in [4.69, 9.17) is 0 Å². The molecule has 0 aromatic rings. The Balaban J connectivity index is 1.94. The van der Waals surface area contributed by atoms with Crippen LogP contribution < -0.4 is 0 Å². The van der Waals surface area contributed by atoms with Gasteiger partial charge in [0, 0.05) is 0 Å². The Morgan fingerprint density at radius 1 is 0.909 bits per heavy atom. The van der Waals surface area contributed by atoms with E-state index in [1.54, 1.807) is 0 Å². The van der Waals surface area contributed by atoms with Crippen LogP contribution in [-0.2, 0) is 0 Å². The van der Waals surface area contributed by atoms with Gasteiger partial charge in [0.15, 0.2) is 0 Å². The van der Waals surface area contributed by atoms with Crippen LogP contribution in [-0.4, -0.2) is 0 Å². The molecule has 0 heterocycles. The van der Waals surface area contributed by atoms with Crippen LogP contribution in [0, 0.1) is 39.9 Å². The summed E-state index contributed by atoms with van der Waals surface area (Å²) in [5.74, 6) is 3.84. The lowest BCUT2D eigenvalue weighted by Crippen LogP contribution is -2.57. The van der Waals surface area contributed by atoms with Crippen LogP contribution in [0.25, 0.3) is 0 Å². The van der Waals surface area contributed by atoms with Crippen molar-refractivity contribution in [2.75, 3.05) is 0 Å². The number of hydrogen-bond donors (Lipinski definition) is 0. The lowest BCUT2D eigenvalue weighted by atomic mass is 9.39. The Morgan fingerprint density at radius 3 is 2.23 bits per heavy atom. The predicted molar refractivity (Wildman–Crippen MR) is 96.9 cm³/mol. The molecule has 128 valence electrons. The van der Waals surface area contributed by atoms with Crippen molar-refractivity contribution in [3.8, 4) is 0 Å². The summed E-state index contributed by atoms with van der Waals surface area (Å²) in [6, 6.07) is 0. The van der Waals surface area contributed by atoms with Gasteiger partial charge in [-0.15, -0.1) is 0 Å². The van der Waals surface area contributed by atoms with Crippen molar-refractivity contribution in [1.29, 1.82) is 0 Å². The molecule has 0 amide bonds. The highest BCUT2D eigenvalue weighted by molar-refractivity contribution is 5.09. The SMILES string of the molecule is CCC1C2CCC3(C)CCCCC3(C)C2CCC1(C)C(C)C. The van der Waals surface area contributed by atoms with Crippen molar-refractivity contribution in [3.05, 3.63) is 0 Å². The van der Waals surface area contributed by atoms with Crippen molar-refractivity contribution in [1.82, 2.24) is 0 Å². The first-order valence-corrected chi connectivity index (χ1v) is 10.3. The van der Waals surface area contributed by atoms with Gasteiger partial charge in [-0.3, -0.25) is 0 Å². The largest absolute Gasteiger partial charge is 0.0651 e. The summed E-state index contributed by atoms with van der Waals surface area (Å²) in [5, 5.41) is 0. The topological polar surface area (TPSA) is 0 Å². The maximum atomic E-state index is 2.70. The van der Waals surface area contributed by atoms with Crippen LogP contribution in [0.2, 0.25) is 0 Å². The van der Waals surface area contributed by atoms with Gasteiger partial charge in [-0.25, -0.2) is 0 Å². The van der Waals surface area contributed by atoms with Crippen molar-refractivity contribution < 1.29 is 0 Å². The zero-order chi connectivity index (χ0) is 16.2. The minimum absolute atomic E-state index is 0.592. The first-order valence-electron chi connectivity index (χ1n) is 10.3. The normalized spacial score (nSPS) is 52.2. The van der Waals surface area contributed by atoms with Crippen molar-refractivity contribution >= 4 is 0 Å². The minimum atomic E-state index is 0.592. The Hall–Kier alpha value is 0. The molecule has 0 bridgehead atoms. The summed E-state index contributed by atoms with van der Waals surface area (Å²) in [5.41, 5.74) is 1.88. The lowest BCUT2D eigenvalue weighted by molar-refractivity contribution is -0.161. The van der Waals surface area contributed by atoms with Gasteiger partial charge in [-0.1, -0.05) is 60.8 Å². The van der Waals surface area contributed by atoms with E-state index in [9.17, 15) is 0 Å². The van der Waals surface area contributed by atoms with Gasteiger partial charge >= 0.3 is 0 Å². The third kappa shape index (κ3) is 2.15. The second kappa shape index (κ2) is 5.52. The van der Waals surface area contributed by atoms with Crippen molar-refractivity contribution in [2.24, 2.45) is 39.9 Å². The van der Waals surface area contributed by atoms with E-state index in [1.807, 2.05) is 0 Å². The summed E-state index contributed by atoms with van der Waals surface area (Å²) in [4.78, 5) is 0. The van der Waals surface area contributed by atoms with Crippen LogP contribution >= 0.6 is 0 Å². The van der Waals surface area contributed by atoms with Crippen molar-refractivity contribution in [3.63, 3.8) is 0 Å². The molecule has 0 aliphatic heterocycles. The standard InChI is InChI=1S/C22H40/c1-7-18-17-10-14-20(4)12-8-9-13-22(20,6)19(17)11-15-21(18,5)16(2)3/h16-19H,7-15H2,1-6H3. The molecule has 0 heteroatoms. The van der Waals surface area contributed by atoms with Gasteiger partial charge in [-0.2, -0.15) is 0 Å². The van der Waals surface area contributed by atoms with Crippen molar-refractivity contribution in [2.45, 2.75) is 99.3 Å². The molecule has 0 nitrogen and oxygen atoms in total. The fourth-order valence-corrected chi connectivity index (χ4v) is 7.44. The monoisotopic (exact) mass is 304 g/mol. The molecule has 3 aliphatic rings. The quantitative estimate of drug-likeness (QED) is 0.511. The van der Waals surface area contributed by atoms with E-state index in [0.29, 0.717) is 16.2 Å². The molecule has 6 unspecified atom stereocenters. The van der Waals surface area contributed by atoms with Gasteiger partial charge in [0.2, 0.25) is 0 Å². The fourth-order valence-electron chi connectivity index (χ4n) is 7.44. The summed E-state index contributed by atoms with van der Waals surface area (Å²) in [6.07, 6.45) is 13.4. The molecular weight excluding hydrogens is 264 g/mol. The summed E-state index contributed by atoms with van der Waals surface area (Å²) < 4.78 is 0. The highest BCUT2D eigenvalue weighted by atomic mass is 14.6. The third-order valence-electron chi connectivity index (χ3n) is 9.53. The molecule has 3 fully saturated rings. The van der Waals surface area contributed by atoms with Crippen LogP contribution in [0.5, 0.6) is 0 Å². The first-order chi connectivity index (χ1) is 10.3. The first kappa shape index (κ1) is 16.8. The van der Waals surface area contributed by atoms with Crippen LogP contribution in [0.4, 0.5) is 0 Å². The molecule has 0 radical (unpaired) electrons. The maximum absolute atomic E-state index is 2.70. The minimum Gasteiger partial charge on any atom is -0.0651 e. The molecule has 3 saturated carbocycles. The molecule has 0 aromatic heterocycles. The average molecular weight is 305 g/mol. The zero-order valence-electron chi connectivity index (χ0n) is 16.2. The number of rotatable bonds is 2. The van der Waals surface area contributed by atoms with Crippen LogP contribution in [0.3, 0.4) is 0 Å². The summed E-state index contributed by atoms with van der Waals surface area (Å²) in [6.45, 7) is 15.4. The Kier molecular flexibility index (Phi) is 4.23. The molecule has 0 saturated heterocycles. The molecule has 6 atom stereocenters. The zero-order valence-corrected chi connectivity index (χ0v) is 16.2. The predicted octanol–water partition coefficient (Wildman–Crippen LogP) is 7.08. The second-order valence-electron chi connectivity index (χ2n) is 10.2. The molecular formula is C22H40. The average Bonchev–Trinajstić information content (AvgIpc) is 2.47. The molecule has 3 rings (SSSR count). The molecule has 0 spiro atoms. The van der Waals surface area contributed by atoms with Gasteiger partial charge in [0.05, 0.1) is 0 Å². The molecule has 0 N–H and O–H groups in total. The van der Waals surface area contributed by atoms with E-state index in [1.165, 1.54) is 57.8 Å². The number of hydrogen-bond acceptors (Lipinski definition) is 0. The van der Waals surface area contributed by atoms with E-state index in [0.717, 1.165) is 23.7 Å². The number of fused-ring (bicyclic) bond motifs is 3. The fraction of sp³-hybridized carbons (Fsp3) is 1.00. The summed E-state index contributed by atoms with van der Waals surface area (Å²) in [7, 11) is 0. The smallest absolute Gasteiger partial charge is 0.0241 e. The molecule has 3 aliphatic carbocycles. The maximum Gasteiger partial charge on any atom is -0.0241 e. The Bertz CT molecular complexity index is 410. The highest BCUT2D eigenvalue weighted by Gasteiger charge is 2.60. The van der Waals surface area contributed by atoms with Crippen LogP contribution in [0.1, 0.15) is 99.3 Å². The van der Waals surface area contributed by atoms with E-state index < -0.39 is 0 Å². The van der Waals surface area contributed by atoms with Gasteiger partial charge < -0.3 is 0 Å². The van der Waals surface area contributed by atoms with Gasteiger partial charge in [0.1, 0.15) is 0 Å². The molecule has 22 heavy (non-hydrogen) atoms. The van der Waals surface area contributed by atoms with Gasteiger partial charge in [-0.05, 0) is 78.4 Å². The van der Waals surface area contributed by atoms with Crippen LogP contribution in [0.15, 0.2) is 0 Å². The lowest BCUT2D eigenvalue weighted by Gasteiger charge is -2.65. The highest BCUT2D eigenvalue weighted by Crippen LogP contribution is 2.68. The Labute approximate surface area is 139 Å².